The molecule has 0 spiro atoms. The average Bonchev–Trinajstić information content (AvgIpc) is 2.30. The number of carboxylic acids is 1. The Morgan fingerprint density at radius 1 is 1.63 bits per heavy atom. The molecule has 19 heavy (non-hydrogen) atoms. The van der Waals surface area contributed by atoms with E-state index in [0.717, 1.165) is 12.1 Å². The van der Waals surface area contributed by atoms with Crippen molar-refractivity contribution >= 4 is 11.7 Å². The van der Waals surface area contributed by atoms with Crippen molar-refractivity contribution in [3.8, 4) is 5.75 Å². The number of halogens is 1. The van der Waals surface area contributed by atoms with Gasteiger partial charge in [0, 0.05) is 12.5 Å². The molecule has 1 unspecified atom stereocenters. The Morgan fingerprint density at radius 2 is 2.26 bits per heavy atom. The second kappa shape index (κ2) is 5.61. The van der Waals surface area contributed by atoms with Crippen LogP contribution in [0, 0.1) is 15.9 Å². The zero-order valence-electron chi connectivity index (χ0n) is 10.1. The lowest BCUT2D eigenvalue weighted by atomic mass is 10.0. The smallest absolute Gasteiger partial charge is 0.323 e. The fraction of sp³-hybridized carbons (Fsp3) is 0.364. The summed E-state index contributed by atoms with van der Waals surface area (Å²) in [6.07, 6.45) is -0.117. The third-order valence-corrected chi connectivity index (χ3v) is 2.50. The molecule has 1 rings (SSSR count). The predicted molar refractivity (Wildman–Crippen MR) is 63.4 cm³/mol. The molecule has 0 amide bonds. The van der Waals surface area contributed by atoms with E-state index in [-0.39, 0.29) is 13.0 Å². The molecule has 104 valence electrons. The number of benzene rings is 1. The number of nitro benzene ring substituents is 1. The number of aliphatic carboxylic acids is 1. The van der Waals surface area contributed by atoms with E-state index in [1.807, 2.05) is 0 Å². The molecule has 0 aliphatic rings. The van der Waals surface area contributed by atoms with Gasteiger partial charge in [0.15, 0.2) is 5.82 Å². The van der Waals surface area contributed by atoms with Crippen molar-refractivity contribution in [2.75, 3.05) is 6.61 Å². The van der Waals surface area contributed by atoms with Crippen molar-refractivity contribution in [1.29, 1.82) is 0 Å². The number of nitrogens with zero attached hydrogens (tertiary/aromatic N) is 1. The maximum Gasteiger partial charge on any atom is 0.323 e. The zero-order valence-corrected chi connectivity index (χ0v) is 10.1. The molecule has 0 saturated heterocycles. The van der Waals surface area contributed by atoms with Crippen LogP contribution in [0.25, 0.3) is 0 Å². The van der Waals surface area contributed by atoms with Crippen LogP contribution in [-0.4, -0.2) is 28.1 Å². The minimum Gasteiger partial charge on any atom is -0.485 e. The SMILES string of the molecule is CC(N)(CCOc1c(F)cccc1[N+](=O)[O-])C(=O)O. The highest BCUT2D eigenvalue weighted by Crippen LogP contribution is 2.29. The number of carboxylic acid groups (broad SMARTS) is 1. The zero-order chi connectivity index (χ0) is 14.6. The van der Waals surface area contributed by atoms with Crippen LogP contribution in [0.3, 0.4) is 0 Å². The van der Waals surface area contributed by atoms with Gasteiger partial charge in [0.05, 0.1) is 11.5 Å². The van der Waals surface area contributed by atoms with Crippen LogP contribution >= 0.6 is 0 Å². The van der Waals surface area contributed by atoms with E-state index >= 15 is 0 Å². The average molecular weight is 272 g/mol. The lowest BCUT2D eigenvalue weighted by molar-refractivity contribution is -0.386. The Hall–Kier alpha value is -2.22. The van der Waals surface area contributed by atoms with Crippen LogP contribution in [0.5, 0.6) is 5.75 Å². The van der Waals surface area contributed by atoms with Crippen molar-refractivity contribution in [2.24, 2.45) is 5.73 Å². The molecule has 1 atom stereocenters. The Kier molecular flexibility index (Phi) is 4.38. The number of para-hydroxylation sites is 1. The number of nitrogens with two attached hydrogens (primary N) is 1. The first-order valence-electron chi connectivity index (χ1n) is 5.33. The standard InChI is InChI=1S/C11H13FN2O5/c1-11(13,10(15)16)5-6-19-9-7(12)3-2-4-8(9)14(17)18/h2-4H,5-6,13H2,1H3,(H,15,16). The van der Waals surface area contributed by atoms with Crippen LogP contribution < -0.4 is 10.5 Å². The van der Waals surface area contributed by atoms with Gasteiger partial charge in [0.25, 0.3) is 0 Å². The fourth-order valence-electron chi connectivity index (χ4n) is 1.26. The first kappa shape index (κ1) is 14.8. The maximum absolute atomic E-state index is 13.4. The van der Waals surface area contributed by atoms with Gasteiger partial charge in [0.1, 0.15) is 5.54 Å². The van der Waals surface area contributed by atoms with Crippen LogP contribution in [-0.2, 0) is 4.79 Å². The molecule has 0 aliphatic heterocycles. The second-order valence-electron chi connectivity index (χ2n) is 4.17. The highest BCUT2D eigenvalue weighted by molar-refractivity contribution is 5.77. The largest absolute Gasteiger partial charge is 0.485 e. The van der Waals surface area contributed by atoms with E-state index in [4.69, 9.17) is 15.6 Å². The number of carbonyl (C=O) groups is 1. The molecule has 1 aromatic carbocycles. The lowest BCUT2D eigenvalue weighted by Crippen LogP contribution is -2.45. The van der Waals surface area contributed by atoms with E-state index in [9.17, 15) is 19.3 Å². The molecule has 0 bridgehead atoms. The first-order valence-corrected chi connectivity index (χ1v) is 5.33. The molecule has 8 heteroatoms. The van der Waals surface area contributed by atoms with Gasteiger partial charge in [-0.3, -0.25) is 14.9 Å². The predicted octanol–water partition coefficient (Wildman–Crippen LogP) is 1.30. The summed E-state index contributed by atoms with van der Waals surface area (Å²) in [5.41, 5.74) is 3.39. The van der Waals surface area contributed by atoms with E-state index in [1.54, 1.807) is 0 Å². The van der Waals surface area contributed by atoms with E-state index in [2.05, 4.69) is 0 Å². The number of hydrogen-bond acceptors (Lipinski definition) is 5. The normalized spacial score (nSPS) is 13.6. The number of ether oxygens (including phenoxy) is 1. The van der Waals surface area contributed by atoms with E-state index in [1.165, 1.54) is 13.0 Å². The molecular weight excluding hydrogens is 259 g/mol. The second-order valence-corrected chi connectivity index (χ2v) is 4.17. The van der Waals surface area contributed by atoms with E-state index in [0.29, 0.717) is 0 Å². The number of rotatable bonds is 6. The van der Waals surface area contributed by atoms with Gasteiger partial charge in [-0.15, -0.1) is 0 Å². The first-order chi connectivity index (χ1) is 8.75. The third-order valence-electron chi connectivity index (χ3n) is 2.50. The quantitative estimate of drug-likeness (QED) is 0.595. The minimum atomic E-state index is -1.54. The van der Waals surface area contributed by atoms with Gasteiger partial charge in [0.2, 0.25) is 5.75 Å². The van der Waals surface area contributed by atoms with Crippen molar-refractivity contribution < 1.29 is 24.0 Å². The van der Waals surface area contributed by atoms with Crippen molar-refractivity contribution in [3.63, 3.8) is 0 Å². The number of nitro groups is 1. The van der Waals surface area contributed by atoms with Crippen LogP contribution in [0.1, 0.15) is 13.3 Å². The van der Waals surface area contributed by atoms with Gasteiger partial charge in [-0.1, -0.05) is 6.07 Å². The highest BCUT2D eigenvalue weighted by atomic mass is 19.1. The van der Waals surface area contributed by atoms with E-state index < -0.39 is 33.7 Å². The van der Waals surface area contributed by atoms with Gasteiger partial charge >= 0.3 is 11.7 Å². The molecular formula is C11H13FN2O5. The third kappa shape index (κ3) is 3.62. The maximum atomic E-state index is 13.4. The Morgan fingerprint density at radius 3 is 2.79 bits per heavy atom. The summed E-state index contributed by atoms with van der Waals surface area (Å²) in [7, 11) is 0. The fourth-order valence-corrected chi connectivity index (χ4v) is 1.26. The lowest BCUT2D eigenvalue weighted by Gasteiger charge is -2.19. The molecule has 7 nitrogen and oxygen atoms in total. The molecule has 0 aromatic heterocycles. The minimum absolute atomic E-state index is 0.117. The molecule has 0 fully saturated rings. The summed E-state index contributed by atoms with van der Waals surface area (Å²) < 4.78 is 18.4. The monoisotopic (exact) mass is 272 g/mol. The summed E-state index contributed by atoms with van der Waals surface area (Å²) in [5, 5.41) is 19.5. The molecule has 0 radical (unpaired) electrons. The van der Waals surface area contributed by atoms with Gasteiger partial charge < -0.3 is 15.6 Å². The van der Waals surface area contributed by atoms with Crippen molar-refractivity contribution in [2.45, 2.75) is 18.9 Å². The summed E-state index contributed by atoms with van der Waals surface area (Å²) in [4.78, 5) is 20.6. The number of hydrogen-bond donors (Lipinski definition) is 2. The van der Waals surface area contributed by atoms with Crippen LogP contribution in [0.15, 0.2) is 18.2 Å². The summed E-state index contributed by atoms with van der Waals surface area (Å²) >= 11 is 0. The van der Waals surface area contributed by atoms with Gasteiger partial charge in [-0.05, 0) is 13.0 Å². The molecule has 0 heterocycles. The summed E-state index contributed by atoms with van der Waals surface area (Å²) in [6, 6.07) is 3.29. The van der Waals surface area contributed by atoms with Gasteiger partial charge in [-0.2, -0.15) is 0 Å². The Labute approximate surface area is 107 Å². The Bertz CT molecular complexity index is 504. The topological polar surface area (TPSA) is 116 Å². The summed E-state index contributed by atoms with van der Waals surface area (Å²) in [5.74, 6) is -2.64. The molecule has 0 saturated carbocycles. The summed E-state index contributed by atoms with van der Waals surface area (Å²) in [6.45, 7) is 1.02. The highest BCUT2D eigenvalue weighted by Gasteiger charge is 2.28. The van der Waals surface area contributed by atoms with Crippen LogP contribution in [0.2, 0.25) is 0 Å². The van der Waals surface area contributed by atoms with Crippen LogP contribution in [0.4, 0.5) is 10.1 Å². The van der Waals surface area contributed by atoms with Crippen molar-refractivity contribution in [1.82, 2.24) is 0 Å². The van der Waals surface area contributed by atoms with Gasteiger partial charge in [-0.25, -0.2) is 4.39 Å². The molecule has 0 aliphatic carbocycles. The molecule has 3 N–H and O–H groups in total. The molecule has 1 aromatic rings. The van der Waals surface area contributed by atoms with Crippen molar-refractivity contribution in [3.05, 3.63) is 34.1 Å². The Balaban J connectivity index is 2.79.